The van der Waals surface area contributed by atoms with Crippen molar-refractivity contribution in [3.63, 3.8) is 0 Å². The SMILES string of the molecule is O=C(NS(=O)(=O)C1CCOC1)C1CCC(C(F)(F)F)CC1. The van der Waals surface area contributed by atoms with E-state index in [0.717, 1.165) is 0 Å². The largest absolute Gasteiger partial charge is 0.391 e. The Hall–Kier alpha value is -0.830. The van der Waals surface area contributed by atoms with Crippen molar-refractivity contribution < 1.29 is 31.1 Å². The summed E-state index contributed by atoms with van der Waals surface area (Å²) in [4.78, 5) is 11.9. The lowest BCUT2D eigenvalue weighted by atomic mass is 9.81. The zero-order valence-corrected chi connectivity index (χ0v) is 12.2. The molecular formula is C12H18F3NO4S. The monoisotopic (exact) mass is 329 g/mol. The fourth-order valence-electron chi connectivity index (χ4n) is 2.75. The topological polar surface area (TPSA) is 72.5 Å². The maximum absolute atomic E-state index is 12.5. The van der Waals surface area contributed by atoms with Crippen LogP contribution in [-0.2, 0) is 19.6 Å². The Bertz CT molecular complexity index is 477. The number of sulfonamides is 1. The second-order valence-electron chi connectivity index (χ2n) is 5.59. The van der Waals surface area contributed by atoms with Gasteiger partial charge in [-0.15, -0.1) is 0 Å². The highest BCUT2D eigenvalue weighted by Gasteiger charge is 2.43. The van der Waals surface area contributed by atoms with Crippen molar-refractivity contribution in [2.45, 2.75) is 43.5 Å². The smallest absolute Gasteiger partial charge is 0.380 e. The van der Waals surface area contributed by atoms with Crippen LogP contribution in [0.4, 0.5) is 13.2 Å². The summed E-state index contributed by atoms with van der Waals surface area (Å²) >= 11 is 0. The summed E-state index contributed by atoms with van der Waals surface area (Å²) in [5, 5.41) is -0.757. The fourth-order valence-corrected chi connectivity index (χ4v) is 4.04. The molecule has 9 heteroatoms. The number of alkyl halides is 3. The van der Waals surface area contributed by atoms with Crippen molar-refractivity contribution in [1.29, 1.82) is 0 Å². The first-order valence-corrected chi connectivity index (χ1v) is 8.44. The van der Waals surface area contributed by atoms with Crippen molar-refractivity contribution >= 4 is 15.9 Å². The van der Waals surface area contributed by atoms with E-state index in [0.29, 0.717) is 13.0 Å². The molecule has 1 N–H and O–H groups in total. The first-order valence-electron chi connectivity index (χ1n) is 6.90. The summed E-state index contributed by atoms with van der Waals surface area (Å²) in [6.45, 7) is 0.375. The zero-order chi connectivity index (χ0) is 15.7. The third kappa shape index (κ3) is 4.09. The number of ether oxygens (including phenoxy) is 1. The standard InChI is InChI=1S/C12H18F3NO4S/c13-12(14,15)9-3-1-8(2-4-9)11(17)16-21(18,19)10-5-6-20-7-10/h8-10H,1-7H2,(H,16,17). The Balaban J connectivity index is 1.88. The molecule has 1 saturated heterocycles. The molecule has 0 spiro atoms. The van der Waals surface area contributed by atoms with Gasteiger partial charge in [0.2, 0.25) is 15.9 Å². The van der Waals surface area contributed by atoms with E-state index in [1.54, 1.807) is 0 Å². The van der Waals surface area contributed by atoms with Crippen molar-refractivity contribution in [1.82, 2.24) is 4.72 Å². The summed E-state index contributed by atoms with van der Waals surface area (Å²) < 4.78 is 68.4. The van der Waals surface area contributed by atoms with Crippen LogP contribution in [0.1, 0.15) is 32.1 Å². The molecule has 0 aromatic rings. The average Bonchev–Trinajstić information content (AvgIpc) is 2.92. The van der Waals surface area contributed by atoms with Crippen molar-refractivity contribution in [2.75, 3.05) is 13.2 Å². The number of carbonyl (C=O) groups is 1. The van der Waals surface area contributed by atoms with Gasteiger partial charge in [0.05, 0.1) is 12.5 Å². The van der Waals surface area contributed by atoms with Gasteiger partial charge in [-0.3, -0.25) is 9.52 Å². The molecule has 1 unspecified atom stereocenters. The molecular weight excluding hydrogens is 311 g/mol. The van der Waals surface area contributed by atoms with Crippen LogP contribution >= 0.6 is 0 Å². The Labute approximate surface area is 121 Å². The van der Waals surface area contributed by atoms with E-state index in [9.17, 15) is 26.4 Å². The number of halogens is 3. The van der Waals surface area contributed by atoms with Crippen LogP contribution in [0.5, 0.6) is 0 Å². The van der Waals surface area contributed by atoms with E-state index in [4.69, 9.17) is 4.74 Å². The van der Waals surface area contributed by atoms with E-state index in [-0.39, 0.29) is 32.3 Å². The second-order valence-corrected chi connectivity index (χ2v) is 7.55. The Morgan fingerprint density at radius 1 is 1.10 bits per heavy atom. The number of carbonyl (C=O) groups excluding carboxylic acids is 1. The molecule has 1 amide bonds. The van der Waals surface area contributed by atoms with E-state index >= 15 is 0 Å². The van der Waals surface area contributed by atoms with Crippen LogP contribution in [0.15, 0.2) is 0 Å². The quantitative estimate of drug-likeness (QED) is 0.853. The molecule has 5 nitrogen and oxygen atoms in total. The minimum atomic E-state index is -4.24. The van der Waals surface area contributed by atoms with Crippen molar-refractivity contribution in [3.8, 4) is 0 Å². The molecule has 21 heavy (non-hydrogen) atoms. The lowest BCUT2D eigenvalue weighted by Gasteiger charge is -2.29. The minimum Gasteiger partial charge on any atom is -0.380 e. The van der Waals surface area contributed by atoms with E-state index in [1.165, 1.54) is 0 Å². The van der Waals surface area contributed by atoms with Gasteiger partial charge >= 0.3 is 6.18 Å². The lowest BCUT2D eigenvalue weighted by molar-refractivity contribution is -0.184. The van der Waals surface area contributed by atoms with Crippen LogP contribution in [0.2, 0.25) is 0 Å². The number of rotatable bonds is 3. The van der Waals surface area contributed by atoms with Crippen LogP contribution in [-0.4, -0.2) is 39.0 Å². The molecule has 1 aliphatic carbocycles. The molecule has 2 rings (SSSR count). The Morgan fingerprint density at radius 3 is 2.19 bits per heavy atom. The van der Waals surface area contributed by atoms with Crippen molar-refractivity contribution in [3.05, 3.63) is 0 Å². The van der Waals surface area contributed by atoms with Crippen LogP contribution < -0.4 is 4.72 Å². The van der Waals surface area contributed by atoms with Gasteiger partial charge in [-0.25, -0.2) is 8.42 Å². The zero-order valence-electron chi connectivity index (χ0n) is 11.4. The summed E-state index contributed by atoms with van der Waals surface area (Å²) in [7, 11) is -3.80. The van der Waals surface area contributed by atoms with E-state index < -0.39 is 39.2 Å². The van der Waals surface area contributed by atoms with Crippen molar-refractivity contribution in [2.24, 2.45) is 11.8 Å². The van der Waals surface area contributed by atoms with Crippen LogP contribution in [0, 0.1) is 11.8 Å². The number of hydrogen-bond donors (Lipinski definition) is 1. The summed E-state index contributed by atoms with van der Waals surface area (Å²) in [6, 6.07) is 0. The molecule has 0 aromatic carbocycles. The van der Waals surface area contributed by atoms with Crippen LogP contribution in [0.25, 0.3) is 0 Å². The summed E-state index contributed by atoms with van der Waals surface area (Å²) in [6.07, 6.45) is -4.06. The molecule has 0 aromatic heterocycles. The van der Waals surface area contributed by atoms with Gasteiger partial charge in [0.15, 0.2) is 0 Å². The van der Waals surface area contributed by atoms with Crippen LogP contribution in [0.3, 0.4) is 0 Å². The molecule has 122 valence electrons. The highest BCUT2D eigenvalue weighted by molar-refractivity contribution is 7.90. The van der Waals surface area contributed by atoms with Gasteiger partial charge in [-0.05, 0) is 32.1 Å². The highest BCUT2D eigenvalue weighted by Crippen LogP contribution is 2.39. The van der Waals surface area contributed by atoms with E-state index in [2.05, 4.69) is 0 Å². The molecule has 2 aliphatic rings. The average molecular weight is 329 g/mol. The molecule has 2 fully saturated rings. The fraction of sp³-hybridized carbons (Fsp3) is 0.917. The molecule has 0 radical (unpaired) electrons. The molecule has 1 heterocycles. The third-order valence-electron chi connectivity index (χ3n) is 4.13. The Kier molecular flexibility index (Phi) is 4.82. The maximum atomic E-state index is 12.5. The Morgan fingerprint density at radius 2 is 1.71 bits per heavy atom. The first kappa shape index (κ1) is 16.5. The predicted octanol–water partition coefficient (Wildman–Crippen LogP) is 1.59. The molecule has 1 saturated carbocycles. The van der Waals surface area contributed by atoms with E-state index in [1.807, 2.05) is 4.72 Å². The highest BCUT2D eigenvalue weighted by atomic mass is 32.2. The number of nitrogens with one attached hydrogen (secondary N) is 1. The maximum Gasteiger partial charge on any atom is 0.391 e. The predicted molar refractivity (Wildman–Crippen MR) is 67.8 cm³/mol. The van der Waals surface area contributed by atoms with Gasteiger partial charge in [0.25, 0.3) is 0 Å². The summed E-state index contributed by atoms with van der Waals surface area (Å²) in [5.74, 6) is -2.75. The molecule has 1 atom stereocenters. The second kappa shape index (κ2) is 6.12. The molecule has 1 aliphatic heterocycles. The first-order chi connectivity index (χ1) is 9.70. The molecule has 0 bridgehead atoms. The number of hydrogen-bond acceptors (Lipinski definition) is 4. The van der Waals surface area contributed by atoms with Gasteiger partial charge < -0.3 is 4.74 Å². The van der Waals surface area contributed by atoms with Gasteiger partial charge in [-0.1, -0.05) is 0 Å². The summed E-state index contributed by atoms with van der Waals surface area (Å²) in [5.41, 5.74) is 0. The number of amides is 1. The minimum absolute atomic E-state index is 0.0451. The third-order valence-corrected chi connectivity index (χ3v) is 5.87. The van der Waals surface area contributed by atoms with Gasteiger partial charge in [0, 0.05) is 12.5 Å². The van der Waals surface area contributed by atoms with Gasteiger partial charge in [-0.2, -0.15) is 13.2 Å². The van der Waals surface area contributed by atoms with Gasteiger partial charge in [0.1, 0.15) is 5.25 Å². The lowest BCUT2D eigenvalue weighted by Crippen LogP contribution is -2.43. The normalized spacial score (nSPS) is 31.1.